The van der Waals surface area contributed by atoms with Crippen molar-refractivity contribution in [2.24, 2.45) is 4.99 Å². The quantitative estimate of drug-likeness (QED) is 0.786. The predicted molar refractivity (Wildman–Crippen MR) is 104 cm³/mol. The van der Waals surface area contributed by atoms with E-state index in [-0.39, 0.29) is 11.7 Å². The molecular formula is C20H19BrFN3O2. The van der Waals surface area contributed by atoms with Crippen LogP contribution < -0.4 is 5.48 Å². The van der Waals surface area contributed by atoms with Crippen LogP contribution in [0, 0.1) is 12.7 Å². The molecule has 0 bridgehead atoms. The summed E-state index contributed by atoms with van der Waals surface area (Å²) in [6.07, 6.45) is 1.16. The summed E-state index contributed by atoms with van der Waals surface area (Å²) in [6, 6.07) is 12.4. The Labute approximate surface area is 165 Å². The van der Waals surface area contributed by atoms with Gasteiger partial charge in [-0.15, -0.1) is 0 Å². The van der Waals surface area contributed by atoms with E-state index in [0.29, 0.717) is 42.9 Å². The number of carbonyl (C=O) groups excluding carboxylic acids is 1. The van der Waals surface area contributed by atoms with Gasteiger partial charge in [0.1, 0.15) is 5.82 Å². The van der Waals surface area contributed by atoms with Gasteiger partial charge in [0.15, 0.2) is 11.6 Å². The molecule has 2 aliphatic heterocycles. The Morgan fingerprint density at radius 3 is 2.74 bits per heavy atom. The number of aryl methyl sites for hydroxylation is 1. The van der Waals surface area contributed by atoms with Crippen LogP contribution in [-0.4, -0.2) is 35.5 Å². The third-order valence-electron chi connectivity index (χ3n) is 5.00. The standard InChI is InChI=1S/C20H19BrFN3O2/c1-13-5-6-15(12-17(13)22)19(26)25-9-7-20(8-10-25)23-18(24-27-20)14-3-2-4-16(21)11-14/h2-6,11-12H,7-10H2,1H3,(H,23,24). The number of likely N-dealkylation sites (tertiary alicyclic amines) is 1. The first-order valence-electron chi connectivity index (χ1n) is 8.81. The van der Waals surface area contributed by atoms with Crippen molar-refractivity contribution >= 4 is 27.7 Å². The number of amides is 1. The maximum absolute atomic E-state index is 13.8. The van der Waals surface area contributed by atoms with Crippen molar-refractivity contribution in [1.29, 1.82) is 0 Å². The fourth-order valence-electron chi connectivity index (χ4n) is 3.33. The van der Waals surface area contributed by atoms with Crippen LogP contribution in [0.5, 0.6) is 0 Å². The molecule has 140 valence electrons. The molecule has 0 saturated carbocycles. The summed E-state index contributed by atoms with van der Waals surface area (Å²) >= 11 is 3.46. The molecule has 0 aliphatic carbocycles. The lowest BCUT2D eigenvalue weighted by atomic mass is 10.00. The second-order valence-electron chi connectivity index (χ2n) is 6.88. The minimum atomic E-state index is -0.660. The van der Waals surface area contributed by atoms with Crippen LogP contribution >= 0.6 is 15.9 Å². The van der Waals surface area contributed by atoms with Gasteiger partial charge in [0.25, 0.3) is 5.91 Å². The number of nitrogens with zero attached hydrogens (tertiary/aromatic N) is 2. The largest absolute Gasteiger partial charge is 0.338 e. The zero-order valence-corrected chi connectivity index (χ0v) is 16.4. The number of carbonyl (C=O) groups is 1. The van der Waals surface area contributed by atoms with E-state index in [1.54, 1.807) is 24.0 Å². The van der Waals surface area contributed by atoms with Crippen LogP contribution in [0.4, 0.5) is 4.39 Å². The van der Waals surface area contributed by atoms with Crippen LogP contribution in [0.2, 0.25) is 0 Å². The van der Waals surface area contributed by atoms with E-state index < -0.39 is 5.72 Å². The molecule has 2 heterocycles. The van der Waals surface area contributed by atoms with Gasteiger partial charge in [-0.25, -0.2) is 19.7 Å². The highest BCUT2D eigenvalue weighted by atomic mass is 79.9. The van der Waals surface area contributed by atoms with Gasteiger partial charge < -0.3 is 4.90 Å². The Kier molecular flexibility index (Phi) is 4.74. The predicted octanol–water partition coefficient (Wildman–Crippen LogP) is 3.81. The molecule has 2 aromatic carbocycles. The smallest absolute Gasteiger partial charge is 0.253 e. The Bertz CT molecular complexity index is 923. The molecule has 1 saturated heterocycles. The van der Waals surface area contributed by atoms with E-state index in [2.05, 4.69) is 21.4 Å². The number of aliphatic imine (C=N–C) groups is 1. The molecule has 1 fully saturated rings. The van der Waals surface area contributed by atoms with Crippen LogP contribution in [0.15, 0.2) is 51.9 Å². The van der Waals surface area contributed by atoms with E-state index >= 15 is 0 Å². The van der Waals surface area contributed by atoms with Gasteiger partial charge in [0, 0.05) is 41.5 Å². The number of halogens is 2. The van der Waals surface area contributed by atoms with Gasteiger partial charge in [-0.1, -0.05) is 34.1 Å². The van der Waals surface area contributed by atoms with Gasteiger partial charge in [-0.2, -0.15) is 0 Å². The van der Waals surface area contributed by atoms with Crippen LogP contribution in [0.25, 0.3) is 0 Å². The summed E-state index contributed by atoms with van der Waals surface area (Å²) in [4.78, 5) is 24.9. The lowest BCUT2D eigenvalue weighted by Crippen LogP contribution is -2.46. The first-order chi connectivity index (χ1) is 13.0. The highest BCUT2D eigenvalue weighted by Crippen LogP contribution is 2.32. The topological polar surface area (TPSA) is 53.9 Å². The summed E-state index contributed by atoms with van der Waals surface area (Å²) in [5.74, 6) is 0.170. The Balaban J connectivity index is 1.45. The fraction of sp³-hybridized carbons (Fsp3) is 0.300. The molecule has 0 aromatic heterocycles. The molecule has 0 unspecified atom stereocenters. The summed E-state index contributed by atoms with van der Waals surface area (Å²) < 4.78 is 14.7. The van der Waals surface area contributed by atoms with Gasteiger partial charge >= 0.3 is 0 Å². The van der Waals surface area contributed by atoms with Gasteiger partial charge in [0.2, 0.25) is 0 Å². The summed E-state index contributed by atoms with van der Waals surface area (Å²) in [6.45, 7) is 2.69. The number of rotatable bonds is 2. The molecule has 27 heavy (non-hydrogen) atoms. The number of amidine groups is 1. The van der Waals surface area contributed by atoms with Crippen LogP contribution in [0.1, 0.15) is 34.3 Å². The second kappa shape index (κ2) is 7.05. The first-order valence-corrected chi connectivity index (χ1v) is 9.60. The number of hydrogen-bond donors (Lipinski definition) is 1. The first kappa shape index (κ1) is 18.1. The van der Waals surface area contributed by atoms with Gasteiger partial charge in [0.05, 0.1) is 0 Å². The van der Waals surface area contributed by atoms with E-state index in [4.69, 9.17) is 9.83 Å². The summed E-state index contributed by atoms with van der Waals surface area (Å²) in [5.41, 5.74) is 4.11. The fourth-order valence-corrected chi connectivity index (χ4v) is 3.73. The lowest BCUT2D eigenvalue weighted by molar-refractivity contribution is -0.0849. The van der Waals surface area contributed by atoms with Crippen molar-refractivity contribution in [1.82, 2.24) is 10.4 Å². The molecule has 0 radical (unpaired) electrons. The highest BCUT2D eigenvalue weighted by molar-refractivity contribution is 9.10. The second-order valence-corrected chi connectivity index (χ2v) is 7.79. The van der Waals surface area contributed by atoms with Crippen molar-refractivity contribution in [2.75, 3.05) is 13.1 Å². The molecule has 7 heteroatoms. The number of hydrogen-bond acceptors (Lipinski definition) is 4. The minimum Gasteiger partial charge on any atom is -0.338 e. The lowest BCUT2D eigenvalue weighted by Gasteiger charge is -2.35. The van der Waals surface area contributed by atoms with Crippen molar-refractivity contribution < 1.29 is 14.0 Å². The molecule has 1 N–H and O–H groups in total. The van der Waals surface area contributed by atoms with Gasteiger partial charge in [-0.05, 0) is 36.8 Å². The monoisotopic (exact) mass is 431 g/mol. The maximum Gasteiger partial charge on any atom is 0.253 e. The van der Waals surface area contributed by atoms with E-state index in [1.165, 1.54) is 6.07 Å². The summed E-state index contributed by atoms with van der Waals surface area (Å²) in [7, 11) is 0. The minimum absolute atomic E-state index is 0.161. The molecular weight excluding hydrogens is 413 g/mol. The molecule has 2 aromatic rings. The SMILES string of the molecule is Cc1ccc(C(=O)N2CCC3(CC2)N=C(c2cccc(Br)c2)NO3)cc1F. The maximum atomic E-state index is 13.8. The van der Waals surface area contributed by atoms with E-state index in [9.17, 15) is 9.18 Å². The Hall–Kier alpha value is -2.25. The van der Waals surface area contributed by atoms with Crippen molar-refractivity contribution in [3.8, 4) is 0 Å². The van der Waals surface area contributed by atoms with Crippen molar-refractivity contribution in [2.45, 2.75) is 25.5 Å². The zero-order valence-electron chi connectivity index (χ0n) is 14.8. The number of benzene rings is 2. The molecule has 2 aliphatic rings. The molecule has 1 amide bonds. The zero-order chi connectivity index (χ0) is 19.0. The van der Waals surface area contributed by atoms with Crippen LogP contribution in [0.3, 0.4) is 0 Å². The van der Waals surface area contributed by atoms with Gasteiger partial charge in [-0.3, -0.25) is 4.79 Å². The average molecular weight is 432 g/mol. The molecule has 4 rings (SSSR count). The highest BCUT2D eigenvalue weighted by Gasteiger charge is 2.41. The summed E-state index contributed by atoms with van der Waals surface area (Å²) in [5, 5.41) is 0. The van der Waals surface area contributed by atoms with Crippen molar-refractivity contribution in [3.63, 3.8) is 0 Å². The van der Waals surface area contributed by atoms with E-state index in [0.717, 1.165) is 10.0 Å². The normalized spacial score (nSPS) is 18.3. The van der Waals surface area contributed by atoms with Crippen molar-refractivity contribution in [3.05, 3.63) is 69.4 Å². The molecule has 0 atom stereocenters. The average Bonchev–Trinajstić information content (AvgIpc) is 3.08. The Morgan fingerprint density at radius 2 is 2.04 bits per heavy atom. The van der Waals surface area contributed by atoms with E-state index in [1.807, 2.05) is 24.3 Å². The number of hydroxylamine groups is 1. The molecule has 1 spiro atoms. The molecule has 5 nitrogen and oxygen atoms in total. The third kappa shape index (κ3) is 3.61. The number of nitrogens with one attached hydrogen (secondary N) is 1. The van der Waals surface area contributed by atoms with Crippen LogP contribution in [-0.2, 0) is 4.84 Å². The number of piperidine rings is 1. The third-order valence-corrected chi connectivity index (χ3v) is 5.50. The Morgan fingerprint density at radius 1 is 1.26 bits per heavy atom.